The van der Waals surface area contributed by atoms with Gasteiger partial charge in [0.15, 0.2) is 0 Å². The monoisotopic (exact) mass is 449 g/mol. The van der Waals surface area contributed by atoms with Crippen molar-refractivity contribution in [2.75, 3.05) is 25.1 Å². The SMILES string of the molecule is CC1(NC(=O)OC2COC(c3cnc(Nc4ccc(S(N)(=O)=O)cc4)nc3)C2)COC1. The topological polar surface area (TPSA) is 155 Å². The van der Waals surface area contributed by atoms with Gasteiger partial charge in [-0.05, 0) is 31.2 Å². The van der Waals surface area contributed by atoms with Crippen molar-refractivity contribution in [2.45, 2.75) is 36.0 Å². The summed E-state index contributed by atoms with van der Waals surface area (Å²) in [6.07, 6.45) is 2.66. The molecule has 31 heavy (non-hydrogen) atoms. The molecule has 2 atom stereocenters. The molecule has 4 rings (SSSR count). The molecule has 4 N–H and O–H groups in total. The van der Waals surface area contributed by atoms with Crippen molar-refractivity contribution >= 4 is 27.8 Å². The second-order valence-corrected chi connectivity index (χ2v) is 9.36. The minimum Gasteiger partial charge on any atom is -0.444 e. The van der Waals surface area contributed by atoms with E-state index in [-0.39, 0.29) is 22.6 Å². The zero-order valence-electron chi connectivity index (χ0n) is 16.8. The van der Waals surface area contributed by atoms with E-state index in [1.165, 1.54) is 12.1 Å². The summed E-state index contributed by atoms with van der Waals surface area (Å²) in [5, 5.41) is 10.9. The van der Waals surface area contributed by atoms with Crippen molar-refractivity contribution in [2.24, 2.45) is 5.14 Å². The largest absolute Gasteiger partial charge is 0.444 e. The highest BCUT2D eigenvalue weighted by Gasteiger charge is 2.37. The van der Waals surface area contributed by atoms with Crippen LogP contribution in [-0.4, -0.2) is 55.9 Å². The summed E-state index contributed by atoms with van der Waals surface area (Å²) in [5.74, 6) is 0.341. The molecule has 0 radical (unpaired) electrons. The first kappa shape index (κ1) is 21.4. The molecular weight excluding hydrogens is 426 g/mol. The van der Waals surface area contributed by atoms with E-state index in [0.29, 0.717) is 37.9 Å². The van der Waals surface area contributed by atoms with Gasteiger partial charge in [-0.15, -0.1) is 0 Å². The van der Waals surface area contributed by atoms with Crippen LogP contribution in [0.2, 0.25) is 0 Å². The van der Waals surface area contributed by atoms with Crippen molar-refractivity contribution in [3.05, 3.63) is 42.2 Å². The van der Waals surface area contributed by atoms with Gasteiger partial charge in [0.1, 0.15) is 6.10 Å². The predicted octanol–water partition coefficient (Wildman–Crippen LogP) is 1.21. The molecule has 2 fully saturated rings. The number of anilines is 2. The Labute approximate surface area is 179 Å². The maximum atomic E-state index is 12.0. The number of nitrogens with two attached hydrogens (primary N) is 1. The summed E-state index contributed by atoms with van der Waals surface area (Å²) in [4.78, 5) is 20.6. The third kappa shape index (κ3) is 5.28. The lowest BCUT2D eigenvalue weighted by Gasteiger charge is -2.38. The van der Waals surface area contributed by atoms with Crippen molar-refractivity contribution < 1.29 is 27.4 Å². The van der Waals surface area contributed by atoms with Crippen molar-refractivity contribution in [3.63, 3.8) is 0 Å². The van der Waals surface area contributed by atoms with Crippen LogP contribution in [0.4, 0.5) is 16.4 Å². The molecule has 1 amide bonds. The highest BCUT2D eigenvalue weighted by molar-refractivity contribution is 7.89. The normalized spacial score (nSPS) is 22.4. The fourth-order valence-corrected chi connectivity index (χ4v) is 3.76. The van der Waals surface area contributed by atoms with E-state index in [9.17, 15) is 13.2 Å². The Morgan fingerprint density at radius 2 is 1.90 bits per heavy atom. The van der Waals surface area contributed by atoms with Crippen LogP contribution in [0.1, 0.15) is 25.0 Å². The van der Waals surface area contributed by atoms with Crippen LogP contribution in [-0.2, 0) is 24.2 Å². The first-order valence-corrected chi connectivity index (χ1v) is 11.1. The average molecular weight is 449 g/mol. The number of carbonyl (C=O) groups excluding carboxylic acids is 1. The molecule has 2 saturated heterocycles. The van der Waals surface area contributed by atoms with Gasteiger partial charge in [-0.2, -0.15) is 0 Å². The molecule has 0 bridgehead atoms. The van der Waals surface area contributed by atoms with Gasteiger partial charge in [-0.1, -0.05) is 0 Å². The van der Waals surface area contributed by atoms with Crippen LogP contribution in [0.5, 0.6) is 0 Å². The summed E-state index contributed by atoms with van der Waals surface area (Å²) >= 11 is 0. The van der Waals surface area contributed by atoms with E-state index in [1.54, 1.807) is 24.5 Å². The summed E-state index contributed by atoms with van der Waals surface area (Å²) in [6.45, 7) is 3.13. The van der Waals surface area contributed by atoms with Crippen molar-refractivity contribution in [3.8, 4) is 0 Å². The molecule has 1 aromatic heterocycles. The molecule has 0 aliphatic carbocycles. The molecule has 1 aromatic carbocycles. The van der Waals surface area contributed by atoms with E-state index in [2.05, 4.69) is 20.6 Å². The lowest BCUT2D eigenvalue weighted by molar-refractivity contribution is -0.0637. The lowest BCUT2D eigenvalue weighted by atomic mass is 10.0. The van der Waals surface area contributed by atoms with Gasteiger partial charge in [0.25, 0.3) is 0 Å². The van der Waals surface area contributed by atoms with Gasteiger partial charge in [0.05, 0.1) is 36.4 Å². The van der Waals surface area contributed by atoms with Crippen LogP contribution in [0, 0.1) is 0 Å². The number of primary sulfonamides is 1. The number of ether oxygens (including phenoxy) is 3. The van der Waals surface area contributed by atoms with Crippen LogP contribution in [0.15, 0.2) is 41.6 Å². The van der Waals surface area contributed by atoms with Gasteiger partial charge in [-0.3, -0.25) is 0 Å². The number of nitrogens with zero attached hydrogens (tertiary/aromatic N) is 2. The van der Waals surface area contributed by atoms with E-state index >= 15 is 0 Å². The van der Waals surface area contributed by atoms with Gasteiger partial charge in [-0.25, -0.2) is 28.3 Å². The molecule has 11 nitrogen and oxygen atoms in total. The highest BCUT2D eigenvalue weighted by atomic mass is 32.2. The number of aromatic nitrogens is 2. The second-order valence-electron chi connectivity index (χ2n) is 7.80. The van der Waals surface area contributed by atoms with Crippen LogP contribution in [0.25, 0.3) is 0 Å². The van der Waals surface area contributed by atoms with Crippen molar-refractivity contribution in [1.29, 1.82) is 0 Å². The Morgan fingerprint density at radius 1 is 1.23 bits per heavy atom. The number of alkyl carbamates (subject to hydrolysis) is 1. The van der Waals surface area contributed by atoms with Gasteiger partial charge < -0.3 is 24.8 Å². The van der Waals surface area contributed by atoms with E-state index in [1.807, 2.05) is 6.92 Å². The standard InChI is InChI=1S/C19H23N5O6S/c1-19(10-28-11-19)24-18(25)30-14-6-16(29-9-14)12-7-21-17(22-8-12)23-13-2-4-15(5-3-13)31(20,26)27/h2-5,7-8,14,16H,6,9-11H2,1H3,(H,24,25)(H2,20,26,27)(H,21,22,23). The molecule has 2 unspecified atom stereocenters. The molecule has 12 heteroatoms. The molecule has 2 aliphatic heterocycles. The van der Waals surface area contributed by atoms with Gasteiger partial charge >= 0.3 is 6.09 Å². The maximum Gasteiger partial charge on any atom is 0.408 e. The van der Waals surface area contributed by atoms with Crippen molar-refractivity contribution in [1.82, 2.24) is 15.3 Å². The number of rotatable bonds is 6. The average Bonchev–Trinajstić information content (AvgIpc) is 3.15. The number of carbonyl (C=O) groups is 1. The number of benzene rings is 1. The summed E-state index contributed by atoms with van der Waals surface area (Å²) in [5.41, 5.74) is 1.01. The molecular formula is C19H23N5O6S. The first-order valence-electron chi connectivity index (χ1n) is 9.60. The molecule has 3 heterocycles. The maximum absolute atomic E-state index is 12.0. The summed E-state index contributed by atoms with van der Waals surface area (Å²) in [6, 6.07) is 5.93. The third-order valence-corrected chi connectivity index (χ3v) is 5.89. The van der Waals surface area contributed by atoms with Crippen LogP contribution < -0.4 is 15.8 Å². The number of nitrogens with one attached hydrogen (secondary N) is 2. The van der Waals surface area contributed by atoms with E-state index in [0.717, 1.165) is 5.56 Å². The Kier molecular flexibility index (Phi) is 5.79. The molecule has 0 saturated carbocycles. The molecule has 166 valence electrons. The Balaban J connectivity index is 1.29. The van der Waals surface area contributed by atoms with Crippen LogP contribution in [0.3, 0.4) is 0 Å². The minimum absolute atomic E-state index is 0.0216. The number of amides is 1. The zero-order valence-corrected chi connectivity index (χ0v) is 17.6. The predicted molar refractivity (Wildman–Crippen MR) is 109 cm³/mol. The summed E-state index contributed by atoms with van der Waals surface area (Å²) in [7, 11) is -3.74. The number of sulfonamides is 1. The molecule has 2 aliphatic rings. The number of hydrogen-bond donors (Lipinski definition) is 3. The zero-order chi connectivity index (χ0) is 22.1. The molecule has 0 spiro atoms. The minimum atomic E-state index is -3.74. The Morgan fingerprint density at radius 3 is 2.48 bits per heavy atom. The summed E-state index contributed by atoms with van der Waals surface area (Å²) < 4.78 is 38.9. The lowest BCUT2D eigenvalue weighted by Crippen LogP contribution is -2.60. The third-order valence-electron chi connectivity index (χ3n) is 4.96. The van der Waals surface area contributed by atoms with Crippen LogP contribution >= 0.6 is 0 Å². The van der Waals surface area contributed by atoms with Gasteiger partial charge in [0, 0.05) is 30.1 Å². The fraction of sp³-hybridized carbons (Fsp3) is 0.421. The molecule has 2 aromatic rings. The smallest absolute Gasteiger partial charge is 0.408 e. The highest BCUT2D eigenvalue weighted by Crippen LogP contribution is 2.30. The Bertz CT molecular complexity index is 1040. The van der Waals surface area contributed by atoms with E-state index in [4.69, 9.17) is 19.3 Å². The second kappa shape index (κ2) is 8.38. The number of hydrogen-bond acceptors (Lipinski definition) is 9. The quantitative estimate of drug-likeness (QED) is 0.590. The van der Waals surface area contributed by atoms with E-state index < -0.39 is 16.1 Å². The first-order chi connectivity index (χ1) is 14.7. The Hall–Kier alpha value is -2.80. The fourth-order valence-electron chi connectivity index (χ4n) is 3.25. The van der Waals surface area contributed by atoms with Gasteiger partial charge in [0.2, 0.25) is 16.0 Å².